The summed E-state index contributed by atoms with van der Waals surface area (Å²) in [4.78, 5) is 15.5. The first-order valence-electron chi connectivity index (χ1n) is 7.39. The van der Waals surface area contributed by atoms with Crippen LogP contribution in [0.5, 0.6) is 5.88 Å². The zero-order chi connectivity index (χ0) is 18.0. The minimum atomic E-state index is -3.19. The van der Waals surface area contributed by atoms with Gasteiger partial charge in [-0.05, 0) is 13.0 Å². The van der Waals surface area contributed by atoms with Crippen molar-refractivity contribution in [1.29, 1.82) is 0 Å². The number of imidazole rings is 1. The van der Waals surface area contributed by atoms with E-state index in [0.29, 0.717) is 0 Å². The predicted octanol–water partition coefficient (Wildman–Crippen LogP) is 2.22. The summed E-state index contributed by atoms with van der Waals surface area (Å²) >= 11 is 0. The van der Waals surface area contributed by atoms with Gasteiger partial charge >= 0.3 is 6.61 Å². The number of alkyl halides is 2. The van der Waals surface area contributed by atoms with Crippen molar-refractivity contribution in [3.63, 3.8) is 0 Å². The Morgan fingerprint density at radius 3 is 2.84 bits per heavy atom. The zero-order valence-electron chi connectivity index (χ0n) is 13.1. The molecule has 0 radical (unpaired) electrons. The summed E-state index contributed by atoms with van der Waals surface area (Å²) in [6.07, 6.45) is 6.26. The van der Waals surface area contributed by atoms with Gasteiger partial charge < -0.3 is 14.6 Å². The zero-order valence-corrected chi connectivity index (χ0v) is 13.1. The summed E-state index contributed by atoms with van der Waals surface area (Å²) in [5.74, 6) is -2.59. The number of pyridine rings is 1. The Bertz CT molecular complexity index is 906. The van der Waals surface area contributed by atoms with Crippen LogP contribution >= 0.6 is 0 Å². The summed E-state index contributed by atoms with van der Waals surface area (Å²) in [6.45, 7) is -0.304. The Hall–Kier alpha value is -3.04. The maximum absolute atomic E-state index is 13.6. The van der Waals surface area contributed by atoms with Gasteiger partial charge in [0.2, 0.25) is 0 Å². The number of ether oxygens (including phenoxy) is 1. The van der Waals surface area contributed by atoms with Gasteiger partial charge in [0.25, 0.3) is 11.8 Å². The van der Waals surface area contributed by atoms with Crippen LogP contribution in [0.4, 0.5) is 13.2 Å². The molecule has 0 aliphatic rings. The molecule has 25 heavy (non-hydrogen) atoms. The molecule has 132 valence electrons. The van der Waals surface area contributed by atoms with Gasteiger partial charge in [0.15, 0.2) is 5.82 Å². The number of aromatic nitrogens is 4. The first-order valence-corrected chi connectivity index (χ1v) is 7.39. The monoisotopic (exact) mass is 353 g/mol. The Balaban J connectivity index is 1.71. The summed E-state index contributed by atoms with van der Waals surface area (Å²) in [7, 11) is 0. The van der Waals surface area contributed by atoms with Crippen LogP contribution in [0.2, 0.25) is 0 Å². The van der Waals surface area contributed by atoms with Crippen molar-refractivity contribution in [3.8, 4) is 5.88 Å². The van der Waals surface area contributed by atoms with Crippen LogP contribution in [-0.2, 0) is 13.1 Å². The fraction of sp³-hybridized carbons (Fsp3) is 0.267. The Kier molecular flexibility index (Phi) is 4.59. The number of hydrogen-bond acceptors (Lipinski definition) is 4. The van der Waals surface area contributed by atoms with Crippen molar-refractivity contribution >= 4 is 11.6 Å². The van der Waals surface area contributed by atoms with E-state index in [4.69, 9.17) is 0 Å². The molecule has 3 rings (SSSR count). The van der Waals surface area contributed by atoms with Gasteiger partial charge in [-0.2, -0.15) is 13.9 Å². The molecule has 0 spiro atoms. The summed E-state index contributed by atoms with van der Waals surface area (Å²) in [5, 5.41) is 6.80. The second-order valence-electron chi connectivity index (χ2n) is 5.09. The number of nitrogens with one attached hydrogen (secondary N) is 1. The van der Waals surface area contributed by atoms with Crippen LogP contribution < -0.4 is 10.1 Å². The molecule has 10 heteroatoms. The summed E-state index contributed by atoms with van der Waals surface area (Å²) in [5.41, 5.74) is 1.52. The molecule has 0 saturated carbocycles. The van der Waals surface area contributed by atoms with Crippen LogP contribution in [0.3, 0.4) is 0 Å². The maximum atomic E-state index is 13.6. The molecule has 3 aromatic heterocycles. The van der Waals surface area contributed by atoms with E-state index in [9.17, 15) is 18.0 Å². The molecule has 7 nitrogen and oxygen atoms in total. The van der Waals surface area contributed by atoms with E-state index in [1.807, 2.05) is 17.7 Å². The van der Waals surface area contributed by atoms with E-state index in [2.05, 4.69) is 20.1 Å². The van der Waals surface area contributed by atoms with Crippen molar-refractivity contribution in [3.05, 3.63) is 47.8 Å². The molecule has 0 bridgehead atoms. The van der Waals surface area contributed by atoms with Crippen molar-refractivity contribution in [2.24, 2.45) is 0 Å². The molecule has 0 unspecified atom stereocenters. The highest BCUT2D eigenvalue weighted by Gasteiger charge is 2.16. The third-order valence-electron chi connectivity index (χ3n) is 3.55. The minimum Gasteiger partial charge on any atom is -0.414 e. The first kappa shape index (κ1) is 16.8. The average molecular weight is 353 g/mol. The lowest BCUT2D eigenvalue weighted by Crippen LogP contribution is -2.23. The van der Waals surface area contributed by atoms with Gasteiger partial charge in [0.05, 0.1) is 11.8 Å². The number of carbonyl (C=O) groups excluding carboxylic acids is 1. The van der Waals surface area contributed by atoms with Crippen LogP contribution in [0.15, 0.2) is 30.9 Å². The van der Waals surface area contributed by atoms with Gasteiger partial charge in [-0.25, -0.2) is 13.9 Å². The van der Waals surface area contributed by atoms with Crippen LogP contribution in [0.25, 0.3) is 5.65 Å². The van der Waals surface area contributed by atoms with Crippen molar-refractivity contribution in [2.75, 3.05) is 0 Å². The maximum Gasteiger partial charge on any atom is 0.388 e. The lowest BCUT2D eigenvalue weighted by Gasteiger charge is -2.07. The first-order chi connectivity index (χ1) is 12.0. The predicted molar refractivity (Wildman–Crippen MR) is 80.9 cm³/mol. The smallest absolute Gasteiger partial charge is 0.388 e. The van der Waals surface area contributed by atoms with E-state index in [0.717, 1.165) is 30.0 Å². The van der Waals surface area contributed by atoms with Crippen LogP contribution in [0, 0.1) is 5.82 Å². The van der Waals surface area contributed by atoms with Gasteiger partial charge in [-0.3, -0.25) is 4.79 Å². The Morgan fingerprint density at radius 2 is 2.16 bits per heavy atom. The summed E-state index contributed by atoms with van der Waals surface area (Å²) < 4.78 is 45.3. The standard InChI is InChI=1S/C15H14F3N5O2/c1-2-22-3-4-23-14(22)10(8-21-23)7-19-12(24)9-5-11(16)13(20-6-9)25-15(17)18/h3-6,8,15H,2,7H2,1H3,(H,19,24). The van der Waals surface area contributed by atoms with E-state index in [-0.39, 0.29) is 12.1 Å². The van der Waals surface area contributed by atoms with Crippen molar-refractivity contribution in [1.82, 2.24) is 24.5 Å². The highest BCUT2D eigenvalue weighted by Crippen LogP contribution is 2.17. The van der Waals surface area contributed by atoms with E-state index < -0.39 is 24.2 Å². The van der Waals surface area contributed by atoms with E-state index in [1.54, 1.807) is 16.9 Å². The average Bonchev–Trinajstić information content (AvgIpc) is 3.16. The number of hydrogen-bond donors (Lipinski definition) is 1. The number of aryl methyl sites for hydroxylation is 1. The summed E-state index contributed by atoms with van der Waals surface area (Å²) in [6, 6.07) is 0.794. The lowest BCUT2D eigenvalue weighted by atomic mass is 10.2. The largest absolute Gasteiger partial charge is 0.414 e. The van der Waals surface area contributed by atoms with Gasteiger partial charge in [0, 0.05) is 37.2 Å². The number of amides is 1. The topological polar surface area (TPSA) is 73.5 Å². The molecule has 3 heterocycles. The van der Waals surface area contributed by atoms with Crippen molar-refractivity contribution in [2.45, 2.75) is 26.6 Å². The fourth-order valence-corrected chi connectivity index (χ4v) is 2.41. The second-order valence-corrected chi connectivity index (χ2v) is 5.09. The fourth-order valence-electron chi connectivity index (χ4n) is 2.41. The molecule has 1 N–H and O–H groups in total. The Morgan fingerprint density at radius 1 is 1.36 bits per heavy atom. The van der Waals surface area contributed by atoms with Crippen molar-refractivity contribution < 1.29 is 22.7 Å². The molecule has 1 amide bonds. The molecular formula is C15H14F3N5O2. The Labute approximate surface area is 140 Å². The van der Waals surface area contributed by atoms with Gasteiger partial charge in [-0.1, -0.05) is 0 Å². The molecule has 0 aliphatic heterocycles. The lowest BCUT2D eigenvalue weighted by molar-refractivity contribution is -0.0553. The van der Waals surface area contributed by atoms with Gasteiger partial charge in [-0.15, -0.1) is 0 Å². The third kappa shape index (κ3) is 3.42. The molecule has 3 aromatic rings. The normalized spacial score (nSPS) is 11.2. The molecule has 0 aromatic carbocycles. The molecular weight excluding hydrogens is 339 g/mol. The quantitative estimate of drug-likeness (QED) is 0.738. The third-order valence-corrected chi connectivity index (χ3v) is 3.55. The number of halogens is 3. The van der Waals surface area contributed by atoms with Crippen LogP contribution in [0.1, 0.15) is 22.8 Å². The second kappa shape index (κ2) is 6.83. The van der Waals surface area contributed by atoms with Crippen LogP contribution in [-0.4, -0.2) is 31.7 Å². The molecule has 0 fully saturated rings. The molecule has 0 aliphatic carbocycles. The highest BCUT2D eigenvalue weighted by molar-refractivity contribution is 5.94. The van der Waals surface area contributed by atoms with E-state index >= 15 is 0 Å². The molecule has 0 atom stereocenters. The molecule has 0 saturated heterocycles. The number of fused-ring (bicyclic) bond motifs is 1. The van der Waals surface area contributed by atoms with Gasteiger partial charge in [0.1, 0.15) is 5.65 Å². The van der Waals surface area contributed by atoms with E-state index in [1.165, 1.54) is 0 Å². The number of carbonyl (C=O) groups is 1. The number of rotatable bonds is 6. The SMILES string of the molecule is CCn1ccn2ncc(CNC(=O)c3cnc(OC(F)F)c(F)c3)c12. The number of nitrogens with zero attached hydrogens (tertiary/aromatic N) is 4. The minimum absolute atomic E-state index is 0.103. The highest BCUT2D eigenvalue weighted by atomic mass is 19.3.